The number of halogens is 1. The molecule has 0 saturated carbocycles. The van der Waals surface area contributed by atoms with Crippen molar-refractivity contribution in [3.05, 3.63) is 28.8 Å². The molecular weight excluding hydrogens is 238 g/mol. The van der Waals surface area contributed by atoms with Gasteiger partial charge >= 0.3 is 0 Å². The van der Waals surface area contributed by atoms with E-state index in [9.17, 15) is 4.79 Å². The molecule has 1 amide bonds. The van der Waals surface area contributed by atoms with Crippen LogP contribution in [-0.2, 0) is 11.2 Å². The minimum absolute atomic E-state index is 0.0494. The highest BCUT2D eigenvalue weighted by atomic mass is 35.5. The van der Waals surface area contributed by atoms with E-state index in [0.29, 0.717) is 11.4 Å². The summed E-state index contributed by atoms with van der Waals surface area (Å²) >= 11 is 5.90. The maximum absolute atomic E-state index is 11.9. The van der Waals surface area contributed by atoms with E-state index < -0.39 is 6.10 Å². The molecule has 1 aliphatic heterocycles. The van der Waals surface area contributed by atoms with Crippen LogP contribution in [0.4, 0.5) is 0 Å². The number of hydrogen-bond acceptors (Lipinski definition) is 2. The monoisotopic (exact) mass is 253 g/mol. The maximum Gasteiger partial charge on any atom is 0.261 e. The van der Waals surface area contributed by atoms with Crippen molar-refractivity contribution in [2.45, 2.75) is 38.8 Å². The van der Waals surface area contributed by atoms with Gasteiger partial charge in [0.15, 0.2) is 6.10 Å². The van der Waals surface area contributed by atoms with E-state index in [-0.39, 0.29) is 11.9 Å². The number of hydrogen-bond donors (Lipinski definition) is 1. The Morgan fingerprint density at radius 1 is 1.65 bits per heavy atom. The lowest BCUT2D eigenvalue weighted by atomic mass is 10.1. The average molecular weight is 254 g/mol. The number of fused-ring (bicyclic) bond motifs is 1. The molecule has 0 fully saturated rings. The number of carbonyl (C=O) groups is 1. The van der Waals surface area contributed by atoms with Crippen molar-refractivity contribution >= 4 is 17.5 Å². The van der Waals surface area contributed by atoms with Crippen LogP contribution < -0.4 is 10.1 Å². The topological polar surface area (TPSA) is 38.3 Å². The van der Waals surface area contributed by atoms with Crippen LogP contribution in [-0.4, -0.2) is 18.1 Å². The van der Waals surface area contributed by atoms with Crippen LogP contribution in [0.25, 0.3) is 0 Å². The molecule has 1 aromatic carbocycles. The van der Waals surface area contributed by atoms with Crippen molar-refractivity contribution in [2.24, 2.45) is 0 Å². The molecule has 1 aliphatic rings. The fourth-order valence-electron chi connectivity index (χ4n) is 1.80. The molecule has 0 aliphatic carbocycles. The van der Waals surface area contributed by atoms with Crippen molar-refractivity contribution in [1.82, 2.24) is 5.32 Å². The minimum Gasteiger partial charge on any atom is -0.480 e. The van der Waals surface area contributed by atoms with Gasteiger partial charge in [0.25, 0.3) is 5.91 Å². The third kappa shape index (κ3) is 2.72. The van der Waals surface area contributed by atoms with Crippen LogP contribution in [0, 0.1) is 0 Å². The summed E-state index contributed by atoms with van der Waals surface area (Å²) in [6.45, 7) is 4.02. The van der Waals surface area contributed by atoms with Crippen LogP contribution in [0.1, 0.15) is 25.8 Å². The molecule has 1 N–H and O–H groups in total. The number of rotatable bonds is 3. The van der Waals surface area contributed by atoms with E-state index in [4.69, 9.17) is 16.3 Å². The fourth-order valence-corrected chi connectivity index (χ4v) is 2.00. The molecule has 0 radical (unpaired) electrons. The number of ether oxygens (including phenoxy) is 1. The molecule has 0 bridgehead atoms. The van der Waals surface area contributed by atoms with Crippen LogP contribution in [0.15, 0.2) is 18.2 Å². The molecule has 2 rings (SSSR count). The van der Waals surface area contributed by atoms with Gasteiger partial charge in [-0.1, -0.05) is 18.5 Å². The van der Waals surface area contributed by atoms with Crippen LogP contribution in [0.5, 0.6) is 5.75 Å². The second-order valence-corrected chi connectivity index (χ2v) is 4.82. The van der Waals surface area contributed by atoms with Gasteiger partial charge in [0.05, 0.1) is 0 Å². The molecule has 17 heavy (non-hydrogen) atoms. The molecule has 0 spiro atoms. The van der Waals surface area contributed by atoms with Crippen molar-refractivity contribution < 1.29 is 9.53 Å². The van der Waals surface area contributed by atoms with E-state index >= 15 is 0 Å². The van der Waals surface area contributed by atoms with Gasteiger partial charge in [0.1, 0.15) is 5.75 Å². The molecule has 3 nitrogen and oxygen atoms in total. The quantitative estimate of drug-likeness (QED) is 0.899. The molecule has 2 unspecified atom stereocenters. The minimum atomic E-state index is -0.419. The Morgan fingerprint density at radius 2 is 2.41 bits per heavy atom. The highest BCUT2D eigenvalue weighted by Gasteiger charge is 2.29. The molecule has 92 valence electrons. The normalized spacial score (nSPS) is 19.4. The zero-order chi connectivity index (χ0) is 12.4. The zero-order valence-corrected chi connectivity index (χ0v) is 10.8. The standard InChI is InChI=1S/C13H16ClNO2/c1-3-8(2)15-13(16)12-7-9-6-10(14)4-5-11(9)17-12/h4-6,8,12H,3,7H2,1-2H3,(H,15,16). The number of carbonyl (C=O) groups excluding carboxylic acids is 1. The first-order valence-corrected chi connectivity index (χ1v) is 6.23. The van der Waals surface area contributed by atoms with Gasteiger partial charge in [-0.05, 0) is 37.1 Å². The van der Waals surface area contributed by atoms with E-state index in [0.717, 1.165) is 17.7 Å². The Hall–Kier alpha value is -1.22. The summed E-state index contributed by atoms with van der Waals surface area (Å²) in [4.78, 5) is 11.9. The van der Waals surface area contributed by atoms with E-state index in [1.165, 1.54) is 0 Å². The smallest absolute Gasteiger partial charge is 0.261 e. The lowest BCUT2D eigenvalue weighted by Gasteiger charge is -2.15. The summed E-state index contributed by atoms with van der Waals surface area (Å²) in [5, 5.41) is 3.60. The molecule has 4 heteroatoms. The van der Waals surface area contributed by atoms with Gasteiger partial charge in [-0.2, -0.15) is 0 Å². The Bertz CT molecular complexity index is 433. The zero-order valence-electron chi connectivity index (χ0n) is 10.00. The van der Waals surface area contributed by atoms with Crippen molar-refractivity contribution in [3.63, 3.8) is 0 Å². The predicted octanol–water partition coefficient (Wildman–Crippen LogP) is 2.56. The molecular formula is C13H16ClNO2. The Morgan fingerprint density at radius 3 is 3.12 bits per heavy atom. The summed E-state index contributed by atoms with van der Waals surface area (Å²) < 4.78 is 5.60. The van der Waals surface area contributed by atoms with Crippen LogP contribution >= 0.6 is 11.6 Å². The first kappa shape index (κ1) is 12.2. The van der Waals surface area contributed by atoms with Gasteiger partial charge in [-0.25, -0.2) is 0 Å². The predicted molar refractivity (Wildman–Crippen MR) is 67.5 cm³/mol. The first-order valence-electron chi connectivity index (χ1n) is 5.85. The first-order chi connectivity index (χ1) is 8.10. The molecule has 0 aromatic heterocycles. The highest BCUT2D eigenvalue weighted by molar-refractivity contribution is 6.30. The van der Waals surface area contributed by atoms with Gasteiger partial charge in [0, 0.05) is 17.5 Å². The second-order valence-electron chi connectivity index (χ2n) is 4.38. The van der Waals surface area contributed by atoms with E-state index in [2.05, 4.69) is 5.32 Å². The van der Waals surface area contributed by atoms with Crippen molar-refractivity contribution in [3.8, 4) is 5.75 Å². The molecule has 2 atom stereocenters. The van der Waals surface area contributed by atoms with Gasteiger partial charge in [-0.3, -0.25) is 4.79 Å². The Labute approximate surface area is 106 Å². The molecule has 1 heterocycles. The van der Waals surface area contributed by atoms with Gasteiger partial charge in [0.2, 0.25) is 0 Å². The van der Waals surface area contributed by atoms with Gasteiger partial charge in [-0.15, -0.1) is 0 Å². The Balaban J connectivity index is 2.02. The second kappa shape index (κ2) is 4.96. The Kier molecular flexibility index (Phi) is 3.57. The summed E-state index contributed by atoms with van der Waals surface area (Å²) in [6, 6.07) is 5.62. The number of nitrogens with one attached hydrogen (secondary N) is 1. The summed E-state index contributed by atoms with van der Waals surface area (Å²) in [7, 11) is 0. The number of amides is 1. The van der Waals surface area contributed by atoms with Crippen molar-refractivity contribution in [1.29, 1.82) is 0 Å². The maximum atomic E-state index is 11.9. The SMILES string of the molecule is CCC(C)NC(=O)C1Cc2cc(Cl)ccc2O1. The number of benzene rings is 1. The molecule has 0 saturated heterocycles. The van der Waals surface area contributed by atoms with Crippen LogP contribution in [0.2, 0.25) is 5.02 Å². The third-order valence-electron chi connectivity index (χ3n) is 2.99. The third-order valence-corrected chi connectivity index (χ3v) is 3.23. The lowest BCUT2D eigenvalue weighted by Crippen LogP contribution is -2.41. The van der Waals surface area contributed by atoms with E-state index in [1.54, 1.807) is 6.07 Å². The fraction of sp³-hybridized carbons (Fsp3) is 0.462. The van der Waals surface area contributed by atoms with E-state index in [1.807, 2.05) is 26.0 Å². The van der Waals surface area contributed by atoms with Crippen molar-refractivity contribution in [2.75, 3.05) is 0 Å². The van der Waals surface area contributed by atoms with Crippen LogP contribution in [0.3, 0.4) is 0 Å². The highest BCUT2D eigenvalue weighted by Crippen LogP contribution is 2.31. The summed E-state index contributed by atoms with van der Waals surface area (Å²) in [5.41, 5.74) is 1.00. The summed E-state index contributed by atoms with van der Waals surface area (Å²) in [5.74, 6) is 0.713. The van der Waals surface area contributed by atoms with Gasteiger partial charge < -0.3 is 10.1 Å². The summed E-state index contributed by atoms with van der Waals surface area (Å²) in [6.07, 6.45) is 1.09. The average Bonchev–Trinajstić information content (AvgIpc) is 2.71. The lowest BCUT2D eigenvalue weighted by molar-refractivity contribution is -0.127. The molecule has 1 aromatic rings. The largest absolute Gasteiger partial charge is 0.480 e.